The third-order valence-electron chi connectivity index (χ3n) is 4.12. The minimum atomic E-state index is -0.809. The van der Waals surface area contributed by atoms with Crippen molar-refractivity contribution < 1.29 is 23.9 Å². The van der Waals surface area contributed by atoms with Gasteiger partial charge in [0.2, 0.25) is 0 Å². The molecule has 0 aliphatic carbocycles. The molecule has 1 saturated heterocycles. The van der Waals surface area contributed by atoms with Gasteiger partial charge in [-0.25, -0.2) is 4.79 Å². The van der Waals surface area contributed by atoms with E-state index in [2.05, 4.69) is 5.32 Å². The van der Waals surface area contributed by atoms with Crippen molar-refractivity contribution in [3.8, 4) is 0 Å². The molecule has 2 aliphatic rings. The number of esters is 1. The second kappa shape index (κ2) is 7.60. The molecule has 1 N–H and O–H groups in total. The molecule has 2 amide bonds. The lowest BCUT2D eigenvalue weighted by atomic mass is 10.0. The van der Waals surface area contributed by atoms with Crippen LogP contribution < -0.4 is 5.32 Å². The second-order valence-electron chi connectivity index (χ2n) is 7.33. The number of rotatable bonds is 4. The number of hydrogen-bond donors (Lipinski definition) is 1. The second-order valence-corrected chi connectivity index (χ2v) is 8.78. The Morgan fingerprint density at radius 1 is 1.21 bits per heavy atom. The Balaban J connectivity index is 1.83. The molecule has 2 heterocycles. The van der Waals surface area contributed by atoms with Gasteiger partial charge in [-0.2, -0.15) is 0 Å². The van der Waals surface area contributed by atoms with Crippen molar-refractivity contribution in [2.45, 2.75) is 37.8 Å². The Bertz CT molecular complexity index is 878. The van der Waals surface area contributed by atoms with E-state index in [-0.39, 0.29) is 22.9 Å². The molecule has 2 aliphatic heterocycles. The van der Waals surface area contributed by atoms with Gasteiger partial charge in [0.15, 0.2) is 0 Å². The molecule has 0 radical (unpaired) electrons. The van der Waals surface area contributed by atoms with Crippen LogP contribution in [-0.2, 0) is 19.1 Å². The Morgan fingerprint density at radius 3 is 2.43 bits per heavy atom. The van der Waals surface area contributed by atoms with E-state index in [1.54, 1.807) is 51.1 Å². The van der Waals surface area contributed by atoms with E-state index >= 15 is 0 Å². The molecule has 28 heavy (non-hydrogen) atoms. The zero-order valence-corrected chi connectivity index (χ0v) is 17.1. The number of β-lactam (4-membered cyclic amide) rings is 1. The standard InChI is InChI=1S/C19H19ClN2O5S/c1-19(2,3)27-18(26)13-11(14(20)23)9-28-17-12(16(25)22(13)17)21-15(24)10-7-5-4-6-8-10/h4-8,12,17H,9H2,1-3H3,(H,21,24)/t12?,17-/m1/s1. The number of thioether (sulfide) groups is 1. The van der Waals surface area contributed by atoms with Crippen LogP contribution in [-0.4, -0.2) is 50.7 Å². The van der Waals surface area contributed by atoms with Gasteiger partial charge < -0.3 is 10.1 Å². The fourth-order valence-electron chi connectivity index (χ4n) is 2.90. The number of carbonyl (C=O) groups excluding carboxylic acids is 4. The summed E-state index contributed by atoms with van der Waals surface area (Å²) in [6, 6.07) is 7.71. The molecular formula is C19H19ClN2O5S. The zero-order chi connectivity index (χ0) is 20.6. The first-order valence-corrected chi connectivity index (χ1v) is 10.00. The minimum Gasteiger partial charge on any atom is -0.455 e. The molecular weight excluding hydrogens is 404 g/mol. The number of benzene rings is 1. The van der Waals surface area contributed by atoms with Crippen LogP contribution in [0.3, 0.4) is 0 Å². The van der Waals surface area contributed by atoms with E-state index in [1.165, 1.54) is 16.7 Å². The summed E-state index contributed by atoms with van der Waals surface area (Å²) in [6.07, 6.45) is 0. The van der Waals surface area contributed by atoms with E-state index in [1.807, 2.05) is 0 Å². The molecule has 7 nitrogen and oxygen atoms in total. The van der Waals surface area contributed by atoms with Crippen LogP contribution >= 0.6 is 23.4 Å². The molecule has 0 aromatic heterocycles. The van der Waals surface area contributed by atoms with Crippen molar-refractivity contribution >= 4 is 46.4 Å². The predicted molar refractivity (Wildman–Crippen MR) is 105 cm³/mol. The van der Waals surface area contributed by atoms with E-state index in [9.17, 15) is 19.2 Å². The monoisotopic (exact) mass is 422 g/mol. The molecule has 1 unspecified atom stereocenters. The highest BCUT2D eigenvalue weighted by Gasteiger charge is 2.55. The van der Waals surface area contributed by atoms with E-state index in [0.29, 0.717) is 5.56 Å². The van der Waals surface area contributed by atoms with Crippen LogP contribution in [0.4, 0.5) is 0 Å². The molecule has 1 aromatic carbocycles. The number of nitrogens with one attached hydrogen (secondary N) is 1. The average Bonchev–Trinajstić information content (AvgIpc) is 2.63. The maximum absolute atomic E-state index is 12.7. The van der Waals surface area contributed by atoms with Gasteiger partial charge in [0.1, 0.15) is 22.7 Å². The summed E-state index contributed by atoms with van der Waals surface area (Å²) in [6.45, 7) is 5.05. The Labute approximate surface area is 171 Å². The van der Waals surface area contributed by atoms with Gasteiger partial charge in [-0.05, 0) is 44.5 Å². The number of halogens is 1. The normalized spacial score (nSPS) is 21.6. The topological polar surface area (TPSA) is 92.8 Å². The van der Waals surface area contributed by atoms with Gasteiger partial charge in [0, 0.05) is 11.3 Å². The highest BCUT2D eigenvalue weighted by Crippen LogP contribution is 2.41. The Hall–Kier alpha value is -2.32. The molecule has 0 saturated carbocycles. The van der Waals surface area contributed by atoms with Crippen molar-refractivity contribution in [3.05, 3.63) is 47.2 Å². The number of nitrogens with zero attached hydrogens (tertiary/aromatic N) is 1. The van der Waals surface area contributed by atoms with Gasteiger partial charge in [-0.1, -0.05) is 18.2 Å². The summed E-state index contributed by atoms with van der Waals surface area (Å²) in [7, 11) is 0. The van der Waals surface area contributed by atoms with Crippen molar-refractivity contribution in [2.75, 3.05) is 5.75 Å². The third-order valence-corrected chi connectivity index (χ3v) is 5.63. The first-order chi connectivity index (χ1) is 13.1. The van der Waals surface area contributed by atoms with Crippen molar-refractivity contribution in [1.29, 1.82) is 0 Å². The van der Waals surface area contributed by atoms with Gasteiger partial charge >= 0.3 is 5.97 Å². The van der Waals surface area contributed by atoms with E-state index < -0.39 is 34.1 Å². The summed E-state index contributed by atoms with van der Waals surface area (Å²) in [5.41, 5.74) is -0.499. The highest BCUT2D eigenvalue weighted by molar-refractivity contribution is 8.00. The molecule has 9 heteroatoms. The third kappa shape index (κ3) is 3.93. The lowest BCUT2D eigenvalue weighted by Gasteiger charge is -2.49. The maximum Gasteiger partial charge on any atom is 0.356 e. The van der Waals surface area contributed by atoms with E-state index in [0.717, 1.165) is 0 Å². The molecule has 148 valence electrons. The van der Waals surface area contributed by atoms with E-state index in [4.69, 9.17) is 16.3 Å². The molecule has 1 fully saturated rings. The minimum absolute atomic E-state index is 0.0263. The molecule has 0 bridgehead atoms. The molecule has 1 aromatic rings. The van der Waals surface area contributed by atoms with Gasteiger partial charge in [-0.15, -0.1) is 11.8 Å². The number of amides is 2. The van der Waals surface area contributed by atoms with Crippen molar-refractivity contribution in [3.63, 3.8) is 0 Å². The predicted octanol–water partition coefficient (Wildman–Crippen LogP) is 2.06. The Morgan fingerprint density at radius 2 is 1.86 bits per heavy atom. The van der Waals surface area contributed by atoms with Crippen LogP contribution in [0.1, 0.15) is 31.1 Å². The fourth-order valence-corrected chi connectivity index (χ4v) is 4.48. The highest BCUT2D eigenvalue weighted by atomic mass is 35.5. The number of hydrogen-bond acceptors (Lipinski definition) is 6. The fraction of sp³-hybridized carbons (Fsp3) is 0.368. The largest absolute Gasteiger partial charge is 0.455 e. The SMILES string of the molecule is CC(C)(C)OC(=O)C1=C(C(=O)Cl)CS[C@@H]2C(NC(=O)c3ccccc3)C(=O)N12. The molecule has 2 atom stereocenters. The van der Waals surface area contributed by atoms with Crippen LogP contribution in [0.5, 0.6) is 0 Å². The van der Waals surface area contributed by atoms with Crippen molar-refractivity contribution in [2.24, 2.45) is 0 Å². The molecule has 3 rings (SSSR count). The average molecular weight is 423 g/mol. The van der Waals surface area contributed by atoms with Gasteiger partial charge in [0.05, 0.1) is 5.57 Å². The zero-order valence-electron chi connectivity index (χ0n) is 15.5. The lowest BCUT2D eigenvalue weighted by Crippen LogP contribution is -2.70. The quantitative estimate of drug-likeness (QED) is 0.453. The van der Waals surface area contributed by atoms with Crippen LogP contribution in [0, 0.1) is 0 Å². The Kier molecular flexibility index (Phi) is 5.54. The van der Waals surface area contributed by atoms with Gasteiger partial charge in [-0.3, -0.25) is 19.3 Å². The maximum atomic E-state index is 12.7. The summed E-state index contributed by atoms with van der Waals surface area (Å²) >= 11 is 6.88. The lowest BCUT2D eigenvalue weighted by molar-refractivity contribution is -0.158. The van der Waals surface area contributed by atoms with Crippen LogP contribution in [0.15, 0.2) is 41.6 Å². The number of fused-ring (bicyclic) bond motifs is 1. The van der Waals surface area contributed by atoms with Crippen LogP contribution in [0.25, 0.3) is 0 Å². The smallest absolute Gasteiger partial charge is 0.356 e. The number of carbonyl (C=O) groups is 4. The summed E-state index contributed by atoms with van der Waals surface area (Å²) < 4.78 is 5.35. The first kappa shape index (κ1) is 20.4. The van der Waals surface area contributed by atoms with Gasteiger partial charge in [0.25, 0.3) is 17.1 Å². The van der Waals surface area contributed by atoms with Crippen LogP contribution in [0.2, 0.25) is 0 Å². The first-order valence-electron chi connectivity index (χ1n) is 8.57. The molecule has 0 spiro atoms. The summed E-state index contributed by atoms with van der Waals surface area (Å²) in [4.78, 5) is 50.7. The summed E-state index contributed by atoms with van der Waals surface area (Å²) in [5, 5.41) is 1.37. The summed E-state index contributed by atoms with van der Waals surface area (Å²) in [5.74, 6) is -1.52. The van der Waals surface area contributed by atoms with Crippen molar-refractivity contribution in [1.82, 2.24) is 10.2 Å². The number of ether oxygens (including phenoxy) is 1.